The minimum atomic E-state index is -3.35. The summed E-state index contributed by atoms with van der Waals surface area (Å²) in [4.78, 5) is 12.5. The van der Waals surface area contributed by atoms with Crippen LogP contribution in [0.5, 0.6) is 0 Å². The number of hydrogen-bond donors (Lipinski definition) is 2. The highest BCUT2D eigenvalue weighted by atomic mass is 32.2. The third-order valence-corrected chi connectivity index (χ3v) is 8.10. The molecule has 1 aromatic carbocycles. The molecule has 142 valence electrons. The van der Waals surface area contributed by atoms with Crippen LogP contribution in [0.1, 0.15) is 46.5 Å². The van der Waals surface area contributed by atoms with E-state index in [1.807, 2.05) is 29.6 Å². The number of rotatable bonds is 4. The third kappa shape index (κ3) is 4.27. The lowest BCUT2D eigenvalue weighted by molar-refractivity contribution is -0.120. The molecule has 1 fully saturated rings. The smallest absolute Gasteiger partial charge is 0.227 e. The normalized spacial score (nSPS) is 21.7. The van der Waals surface area contributed by atoms with Crippen molar-refractivity contribution in [1.82, 2.24) is 4.72 Å². The van der Waals surface area contributed by atoms with Gasteiger partial charge in [-0.1, -0.05) is 0 Å². The summed E-state index contributed by atoms with van der Waals surface area (Å²) in [6.07, 6.45) is 2.78. The van der Waals surface area contributed by atoms with E-state index in [9.17, 15) is 13.2 Å². The maximum absolute atomic E-state index is 12.5. The van der Waals surface area contributed by atoms with Gasteiger partial charge in [0.1, 0.15) is 0 Å². The number of fused-ring (bicyclic) bond motifs is 1. The van der Waals surface area contributed by atoms with Crippen molar-refractivity contribution >= 4 is 43.0 Å². The minimum Gasteiger partial charge on any atom is -0.326 e. The standard InChI is InChI=1S/C19H26N2O3S2/c1-19(2,3)26(23,24)21-15-6-4-13(5-7-15)18(22)20-16-8-9-17-14(12-16)10-11-25-17/h8-13,15,21H,4-7H2,1-3H3,(H,20,22)/t13-,15-. The Morgan fingerprint density at radius 2 is 1.81 bits per heavy atom. The zero-order valence-electron chi connectivity index (χ0n) is 15.4. The van der Waals surface area contributed by atoms with E-state index in [0.717, 1.165) is 11.1 Å². The first-order valence-electron chi connectivity index (χ1n) is 8.96. The van der Waals surface area contributed by atoms with Crippen molar-refractivity contribution in [2.45, 2.75) is 57.2 Å². The fourth-order valence-corrected chi connectivity index (χ4v) is 4.96. The van der Waals surface area contributed by atoms with Gasteiger partial charge in [0.2, 0.25) is 15.9 Å². The van der Waals surface area contributed by atoms with Gasteiger partial charge in [-0.15, -0.1) is 11.3 Å². The molecule has 0 aliphatic heterocycles. The van der Waals surface area contributed by atoms with E-state index >= 15 is 0 Å². The van der Waals surface area contributed by atoms with Crippen molar-refractivity contribution in [3.8, 4) is 0 Å². The molecule has 0 bridgehead atoms. The molecule has 5 nitrogen and oxygen atoms in total. The lowest BCUT2D eigenvalue weighted by Gasteiger charge is -2.30. The van der Waals surface area contributed by atoms with E-state index in [1.54, 1.807) is 32.1 Å². The molecule has 0 spiro atoms. The van der Waals surface area contributed by atoms with Crippen LogP contribution in [-0.4, -0.2) is 25.1 Å². The molecule has 1 aliphatic carbocycles. The highest BCUT2D eigenvalue weighted by molar-refractivity contribution is 7.90. The highest BCUT2D eigenvalue weighted by Gasteiger charge is 2.34. The van der Waals surface area contributed by atoms with E-state index in [1.165, 1.54) is 4.70 Å². The van der Waals surface area contributed by atoms with Gasteiger partial charge in [-0.25, -0.2) is 13.1 Å². The Labute approximate surface area is 159 Å². The van der Waals surface area contributed by atoms with Gasteiger partial charge in [0.25, 0.3) is 0 Å². The topological polar surface area (TPSA) is 75.3 Å². The van der Waals surface area contributed by atoms with Gasteiger partial charge >= 0.3 is 0 Å². The maximum Gasteiger partial charge on any atom is 0.227 e. The van der Waals surface area contributed by atoms with Gasteiger partial charge in [-0.3, -0.25) is 4.79 Å². The first-order valence-corrected chi connectivity index (χ1v) is 11.3. The fraction of sp³-hybridized carbons (Fsp3) is 0.526. The number of nitrogens with one attached hydrogen (secondary N) is 2. The molecule has 0 saturated heterocycles. The summed E-state index contributed by atoms with van der Waals surface area (Å²) >= 11 is 1.68. The zero-order valence-corrected chi connectivity index (χ0v) is 17.0. The number of amides is 1. The summed E-state index contributed by atoms with van der Waals surface area (Å²) in [5, 5.41) is 6.18. The fourth-order valence-electron chi connectivity index (χ4n) is 3.16. The van der Waals surface area contributed by atoms with Crippen molar-refractivity contribution in [2.75, 3.05) is 5.32 Å². The van der Waals surface area contributed by atoms with E-state index in [4.69, 9.17) is 0 Å². The second-order valence-corrected chi connectivity index (χ2v) is 11.4. The number of carbonyl (C=O) groups excluding carboxylic acids is 1. The Morgan fingerprint density at radius 3 is 2.46 bits per heavy atom. The van der Waals surface area contributed by atoms with E-state index in [2.05, 4.69) is 10.0 Å². The van der Waals surface area contributed by atoms with E-state index in [0.29, 0.717) is 25.7 Å². The molecule has 1 amide bonds. The number of thiophene rings is 1. The van der Waals surface area contributed by atoms with Crippen LogP contribution in [0, 0.1) is 5.92 Å². The Bertz CT molecular complexity index is 889. The van der Waals surface area contributed by atoms with Crippen LogP contribution < -0.4 is 10.0 Å². The minimum absolute atomic E-state index is 0.0247. The predicted octanol–water partition coefficient (Wildman–Crippen LogP) is 4.12. The number of benzene rings is 1. The molecule has 0 atom stereocenters. The predicted molar refractivity (Wildman–Crippen MR) is 108 cm³/mol. The van der Waals surface area contributed by atoms with Crippen molar-refractivity contribution in [3.05, 3.63) is 29.6 Å². The second kappa shape index (κ2) is 7.29. The molecule has 0 unspecified atom stereocenters. The molecular weight excluding hydrogens is 368 g/mol. The van der Waals surface area contributed by atoms with Gasteiger partial charge in [-0.05, 0) is 81.5 Å². The number of sulfonamides is 1. The molecule has 7 heteroatoms. The summed E-state index contributed by atoms with van der Waals surface area (Å²) < 4.78 is 27.7. The van der Waals surface area contributed by atoms with Crippen LogP contribution in [-0.2, 0) is 14.8 Å². The first kappa shape index (κ1) is 19.3. The van der Waals surface area contributed by atoms with Gasteiger partial charge in [0.05, 0.1) is 4.75 Å². The summed E-state index contributed by atoms with van der Waals surface area (Å²) in [5.41, 5.74) is 0.816. The van der Waals surface area contributed by atoms with Crippen molar-refractivity contribution in [2.24, 2.45) is 5.92 Å². The van der Waals surface area contributed by atoms with Gasteiger partial charge in [0.15, 0.2) is 0 Å². The molecule has 1 aliphatic rings. The largest absolute Gasteiger partial charge is 0.326 e. The molecule has 2 aromatic rings. The van der Waals surface area contributed by atoms with Crippen LogP contribution in [0.4, 0.5) is 5.69 Å². The average Bonchev–Trinajstić information content (AvgIpc) is 3.01. The van der Waals surface area contributed by atoms with E-state index in [-0.39, 0.29) is 17.9 Å². The molecule has 1 saturated carbocycles. The average molecular weight is 395 g/mol. The van der Waals surface area contributed by atoms with Crippen LogP contribution >= 0.6 is 11.3 Å². The summed E-state index contributed by atoms with van der Waals surface area (Å²) in [6.45, 7) is 5.08. The third-order valence-electron chi connectivity index (χ3n) is 4.95. The Balaban J connectivity index is 1.55. The van der Waals surface area contributed by atoms with Gasteiger partial charge in [0, 0.05) is 22.3 Å². The molecule has 1 aromatic heterocycles. The monoisotopic (exact) mass is 394 g/mol. The number of carbonyl (C=O) groups is 1. The molecule has 0 radical (unpaired) electrons. The van der Waals surface area contributed by atoms with Crippen molar-refractivity contribution in [1.29, 1.82) is 0 Å². The molecule has 2 N–H and O–H groups in total. The van der Waals surface area contributed by atoms with Crippen LogP contribution in [0.15, 0.2) is 29.6 Å². The molecule has 26 heavy (non-hydrogen) atoms. The van der Waals surface area contributed by atoms with Gasteiger partial charge in [-0.2, -0.15) is 0 Å². The SMILES string of the molecule is CC(C)(C)S(=O)(=O)N[C@H]1CC[C@H](C(=O)Nc2ccc3sccc3c2)CC1. The van der Waals surface area contributed by atoms with Crippen LogP contribution in [0.25, 0.3) is 10.1 Å². The molecule has 3 rings (SSSR count). The molecular formula is C19H26N2O3S2. The lowest BCUT2D eigenvalue weighted by Crippen LogP contribution is -2.46. The maximum atomic E-state index is 12.5. The summed E-state index contributed by atoms with van der Waals surface area (Å²) in [6, 6.07) is 7.91. The Hall–Kier alpha value is -1.44. The van der Waals surface area contributed by atoms with Gasteiger partial charge < -0.3 is 5.32 Å². The van der Waals surface area contributed by atoms with Crippen molar-refractivity contribution in [3.63, 3.8) is 0 Å². The summed E-state index contributed by atoms with van der Waals surface area (Å²) in [7, 11) is -3.35. The Kier molecular flexibility index (Phi) is 5.42. The lowest BCUT2D eigenvalue weighted by atomic mass is 9.86. The first-order chi connectivity index (χ1) is 12.2. The van der Waals surface area contributed by atoms with Crippen molar-refractivity contribution < 1.29 is 13.2 Å². The number of anilines is 1. The second-order valence-electron chi connectivity index (χ2n) is 7.94. The molecule has 1 heterocycles. The summed E-state index contributed by atoms with van der Waals surface area (Å²) in [5.74, 6) is -0.0414. The van der Waals surface area contributed by atoms with Crippen LogP contribution in [0.3, 0.4) is 0 Å². The zero-order chi connectivity index (χ0) is 18.9. The highest BCUT2D eigenvalue weighted by Crippen LogP contribution is 2.28. The quantitative estimate of drug-likeness (QED) is 0.819. The van der Waals surface area contributed by atoms with Crippen LogP contribution in [0.2, 0.25) is 0 Å². The Morgan fingerprint density at radius 1 is 1.12 bits per heavy atom. The van der Waals surface area contributed by atoms with E-state index < -0.39 is 14.8 Å². The number of hydrogen-bond acceptors (Lipinski definition) is 4.